The van der Waals surface area contributed by atoms with Gasteiger partial charge >= 0.3 is 5.97 Å². The predicted octanol–water partition coefficient (Wildman–Crippen LogP) is 1.60. The molecule has 0 radical (unpaired) electrons. The fourth-order valence-electron chi connectivity index (χ4n) is 1.60. The molecule has 0 atom stereocenters. The van der Waals surface area contributed by atoms with Crippen molar-refractivity contribution in [2.24, 2.45) is 0 Å². The minimum Gasteiger partial charge on any atom is -0.480 e. The van der Waals surface area contributed by atoms with Gasteiger partial charge in [-0.1, -0.05) is 18.2 Å². The smallest absolute Gasteiger partial charge is 0.350 e. The van der Waals surface area contributed by atoms with Crippen LogP contribution in [0, 0.1) is 6.92 Å². The van der Waals surface area contributed by atoms with Crippen LogP contribution in [0.4, 0.5) is 5.95 Å². The average Bonchev–Trinajstić information content (AvgIpc) is 2.38. The maximum atomic E-state index is 12.1. The van der Waals surface area contributed by atoms with Crippen LogP contribution in [0.15, 0.2) is 30.3 Å². The van der Waals surface area contributed by atoms with Crippen LogP contribution in [0.25, 0.3) is 0 Å². The molecule has 0 fully saturated rings. The van der Waals surface area contributed by atoms with E-state index >= 15 is 0 Å². The van der Waals surface area contributed by atoms with E-state index in [0.717, 1.165) is 0 Å². The Balaban J connectivity index is 2.34. The molecular formula is C13H13N3O3. The Hall–Kier alpha value is -2.63. The third kappa shape index (κ3) is 2.79. The number of nitrogens with zero attached hydrogens (tertiary/aromatic N) is 2. The van der Waals surface area contributed by atoms with Crippen LogP contribution in [0.5, 0.6) is 11.6 Å². The molecular weight excluding hydrogens is 246 g/mol. The van der Waals surface area contributed by atoms with Gasteiger partial charge in [0.25, 0.3) is 0 Å². The first-order valence-electron chi connectivity index (χ1n) is 5.57. The lowest BCUT2D eigenvalue weighted by atomic mass is 10.2. The second kappa shape index (κ2) is 5.34. The topological polar surface area (TPSA) is 87.3 Å². The molecule has 1 aromatic heterocycles. The second-order valence-corrected chi connectivity index (χ2v) is 3.75. The van der Waals surface area contributed by atoms with Gasteiger partial charge in [-0.2, -0.15) is 4.98 Å². The largest absolute Gasteiger partial charge is 0.480 e. The molecule has 6 nitrogen and oxygen atoms in total. The zero-order valence-electron chi connectivity index (χ0n) is 10.6. The number of benzene rings is 1. The van der Waals surface area contributed by atoms with E-state index in [1.165, 1.54) is 7.11 Å². The van der Waals surface area contributed by atoms with Crippen LogP contribution in [-0.4, -0.2) is 23.0 Å². The number of hydrogen-bond acceptors (Lipinski definition) is 6. The Morgan fingerprint density at radius 1 is 1.21 bits per heavy atom. The summed E-state index contributed by atoms with van der Waals surface area (Å²) >= 11 is 0. The minimum absolute atomic E-state index is 0.0469. The number of hydrogen-bond donors (Lipinski definition) is 1. The van der Waals surface area contributed by atoms with Crippen LogP contribution in [0.3, 0.4) is 0 Å². The lowest BCUT2D eigenvalue weighted by Gasteiger charge is -2.10. The van der Waals surface area contributed by atoms with Crippen molar-refractivity contribution < 1.29 is 14.3 Å². The second-order valence-electron chi connectivity index (χ2n) is 3.75. The van der Waals surface area contributed by atoms with Crippen LogP contribution in [-0.2, 0) is 0 Å². The van der Waals surface area contributed by atoms with Crippen LogP contribution in [0.2, 0.25) is 0 Å². The minimum atomic E-state index is -0.583. The summed E-state index contributed by atoms with van der Waals surface area (Å²) in [7, 11) is 1.40. The number of anilines is 1. The Kier molecular flexibility index (Phi) is 3.61. The van der Waals surface area contributed by atoms with Crippen molar-refractivity contribution >= 4 is 11.9 Å². The molecule has 6 heteroatoms. The van der Waals surface area contributed by atoms with Crippen LogP contribution >= 0.6 is 0 Å². The number of carbonyl (C=O) groups excluding carboxylic acids is 1. The average molecular weight is 259 g/mol. The van der Waals surface area contributed by atoms with Gasteiger partial charge in [0.15, 0.2) is 0 Å². The first-order chi connectivity index (χ1) is 9.11. The molecule has 2 N–H and O–H groups in total. The van der Waals surface area contributed by atoms with Gasteiger partial charge in [-0.3, -0.25) is 0 Å². The zero-order valence-corrected chi connectivity index (χ0v) is 10.6. The van der Waals surface area contributed by atoms with Gasteiger partial charge < -0.3 is 15.2 Å². The monoisotopic (exact) mass is 259 g/mol. The van der Waals surface area contributed by atoms with E-state index in [1.807, 2.05) is 6.07 Å². The van der Waals surface area contributed by atoms with Crippen LogP contribution in [0.1, 0.15) is 16.1 Å². The molecule has 0 spiro atoms. The molecule has 0 aliphatic heterocycles. The molecule has 0 aliphatic rings. The third-order valence-corrected chi connectivity index (χ3v) is 2.43. The highest BCUT2D eigenvalue weighted by Crippen LogP contribution is 2.21. The number of aryl methyl sites for hydroxylation is 1. The zero-order chi connectivity index (χ0) is 13.8. The molecule has 0 aliphatic carbocycles. The number of esters is 1. The van der Waals surface area contributed by atoms with E-state index in [0.29, 0.717) is 11.4 Å². The molecule has 0 saturated heterocycles. The number of ether oxygens (including phenoxy) is 2. The lowest BCUT2D eigenvalue weighted by molar-refractivity contribution is 0.0729. The van der Waals surface area contributed by atoms with E-state index in [4.69, 9.17) is 15.2 Å². The van der Waals surface area contributed by atoms with Gasteiger partial charge in [0.2, 0.25) is 11.8 Å². The quantitative estimate of drug-likeness (QED) is 0.665. The Bertz CT molecular complexity index is 600. The number of para-hydroxylation sites is 1. The standard InChI is InChI=1S/C13H13N3O3/c1-8-10(11(18-2)16-13(14)15-8)12(17)19-9-6-4-3-5-7-9/h3-7H,1-2H3,(H2,14,15,16). The maximum Gasteiger partial charge on any atom is 0.350 e. The molecule has 98 valence electrons. The summed E-state index contributed by atoms with van der Waals surface area (Å²) in [6.45, 7) is 1.64. The predicted molar refractivity (Wildman–Crippen MR) is 69.1 cm³/mol. The van der Waals surface area contributed by atoms with Crippen molar-refractivity contribution in [2.45, 2.75) is 6.92 Å². The summed E-state index contributed by atoms with van der Waals surface area (Å²) < 4.78 is 10.3. The van der Waals surface area contributed by atoms with E-state index in [-0.39, 0.29) is 17.4 Å². The molecule has 0 saturated carbocycles. The Morgan fingerprint density at radius 2 is 1.89 bits per heavy atom. The first kappa shape index (κ1) is 12.8. The van der Waals surface area contributed by atoms with Gasteiger partial charge in [0.1, 0.15) is 11.3 Å². The highest BCUT2D eigenvalue weighted by Gasteiger charge is 2.21. The fourth-order valence-corrected chi connectivity index (χ4v) is 1.60. The van der Waals surface area contributed by atoms with E-state index in [2.05, 4.69) is 9.97 Å². The van der Waals surface area contributed by atoms with Gasteiger partial charge in [0, 0.05) is 0 Å². The van der Waals surface area contributed by atoms with Crippen molar-refractivity contribution in [1.29, 1.82) is 0 Å². The maximum absolute atomic E-state index is 12.1. The summed E-state index contributed by atoms with van der Waals surface area (Å²) in [5, 5.41) is 0. The SMILES string of the molecule is COc1nc(N)nc(C)c1C(=O)Oc1ccccc1. The molecule has 19 heavy (non-hydrogen) atoms. The Labute approximate surface area is 110 Å². The number of nitrogen functional groups attached to an aromatic ring is 1. The molecule has 2 rings (SSSR count). The van der Waals surface area contributed by atoms with Crippen molar-refractivity contribution in [1.82, 2.24) is 9.97 Å². The highest BCUT2D eigenvalue weighted by molar-refractivity contribution is 5.94. The van der Waals surface area contributed by atoms with E-state index in [9.17, 15) is 4.79 Å². The normalized spacial score (nSPS) is 10.0. The van der Waals surface area contributed by atoms with Gasteiger partial charge in [-0.15, -0.1) is 0 Å². The molecule has 2 aromatic rings. The molecule has 0 amide bonds. The summed E-state index contributed by atoms with van der Waals surface area (Å²) in [5.74, 6) is 0.00266. The third-order valence-electron chi connectivity index (χ3n) is 2.43. The van der Waals surface area contributed by atoms with Gasteiger partial charge in [-0.05, 0) is 19.1 Å². The molecule has 0 unspecified atom stereocenters. The molecule has 0 bridgehead atoms. The summed E-state index contributed by atoms with van der Waals surface area (Å²) in [4.78, 5) is 19.9. The summed E-state index contributed by atoms with van der Waals surface area (Å²) in [6.07, 6.45) is 0. The molecule has 1 aromatic carbocycles. The fraction of sp³-hybridized carbons (Fsp3) is 0.154. The lowest BCUT2D eigenvalue weighted by Crippen LogP contribution is -2.15. The Morgan fingerprint density at radius 3 is 2.53 bits per heavy atom. The van der Waals surface area contributed by atoms with E-state index < -0.39 is 5.97 Å². The first-order valence-corrected chi connectivity index (χ1v) is 5.57. The van der Waals surface area contributed by atoms with Crippen LogP contribution < -0.4 is 15.2 Å². The van der Waals surface area contributed by atoms with E-state index in [1.54, 1.807) is 31.2 Å². The van der Waals surface area contributed by atoms with Gasteiger partial charge in [-0.25, -0.2) is 9.78 Å². The van der Waals surface area contributed by atoms with Crippen molar-refractivity contribution in [3.8, 4) is 11.6 Å². The van der Waals surface area contributed by atoms with Crippen molar-refractivity contribution in [3.05, 3.63) is 41.6 Å². The number of aromatic nitrogens is 2. The molecule has 1 heterocycles. The van der Waals surface area contributed by atoms with Crippen molar-refractivity contribution in [2.75, 3.05) is 12.8 Å². The van der Waals surface area contributed by atoms with Gasteiger partial charge in [0.05, 0.1) is 12.8 Å². The van der Waals surface area contributed by atoms with Crippen molar-refractivity contribution in [3.63, 3.8) is 0 Å². The highest BCUT2D eigenvalue weighted by atomic mass is 16.5. The summed E-state index contributed by atoms with van der Waals surface area (Å²) in [5.41, 5.74) is 6.08. The number of nitrogens with two attached hydrogens (primary N) is 1. The number of rotatable bonds is 3. The number of carbonyl (C=O) groups is 1. The summed E-state index contributed by atoms with van der Waals surface area (Å²) in [6, 6.07) is 8.73. The number of methoxy groups -OCH3 is 1.